The Morgan fingerprint density at radius 1 is 1.32 bits per heavy atom. The Bertz CT molecular complexity index is 935. The van der Waals surface area contributed by atoms with Crippen molar-refractivity contribution in [2.45, 2.75) is 44.0 Å². The second-order valence-corrected chi connectivity index (χ2v) is 9.95. The van der Waals surface area contributed by atoms with E-state index in [1.807, 2.05) is 5.38 Å². The lowest BCUT2D eigenvalue weighted by molar-refractivity contribution is -0.126. The van der Waals surface area contributed by atoms with E-state index in [2.05, 4.69) is 24.1 Å². The average molecular weight is 426 g/mol. The number of benzene rings is 1. The van der Waals surface area contributed by atoms with Gasteiger partial charge in [0.15, 0.2) is 0 Å². The highest BCUT2D eigenvalue weighted by Crippen LogP contribution is 2.25. The number of piperidine rings is 1. The minimum atomic E-state index is -3.88. The summed E-state index contributed by atoms with van der Waals surface area (Å²) in [4.78, 5) is 16.6. The van der Waals surface area contributed by atoms with Crippen LogP contribution >= 0.6 is 11.3 Å². The number of sulfonamides is 1. The summed E-state index contributed by atoms with van der Waals surface area (Å²) in [7, 11) is -3.88. The molecule has 1 aliphatic heterocycles. The number of carbonyl (C=O) groups excluding carboxylic acids is 1. The van der Waals surface area contributed by atoms with Crippen LogP contribution in [-0.4, -0.2) is 36.7 Å². The van der Waals surface area contributed by atoms with Gasteiger partial charge in [-0.05, 0) is 25.0 Å². The van der Waals surface area contributed by atoms with Crippen molar-refractivity contribution in [2.24, 2.45) is 5.92 Å². The zero-order valence-electron chi connectivity index (χ0n) is 15.9. The molecule has 1 saturated heterocycles. The summed E-state index contributed by atoms with van der Waals surface area (Å²) < 4.78 is 40.4. The molecule has 0 unspecified atom stereocenters. The number of carbonyl (C=O) groups is 1. The van der Waals surface area contributed by atoms with Gasteiger partial charge < -0.3 is 5.32 Å². The van der Waals surface area contributed by atoms with Gasteiger partial charge in [0.1, 0.15) is 10.7 Å². The van der Waals surface area contributed by atoms with E-state index in [9.17, 15) is 17.6 Å². The third-order valence-electron chi connectivity index (χ3n) is 4.79. The smallest absolute Gasteiger partial charge is 0.245 e. The van der Waals surface area contributed by atoms with Gasteiger partial charge in [-0.2, -0.15) is 4.31 Å². The van der Waals surface area contributed by atoms with Crippen molar-refractivity contribution in [3.05, 3.63) is 46.2 Å². The maximum absolute atomic E-state index is 13.9. The molecular weight excluding hydrogens is 401 g/mol. The molecule has 152 valence electrons. The molecule has 1 aliphatic rings. The first kappa shape index (κ1) is 20.9. The topological polar surface area (TPSA) is 79.4 Å². The summed E-state index contributed by atoms with van der Waals surface area (Å²) in [6.07, 6.45) is 0.821. The average Bonchev–Trinajstić information content (AvgIpc) is 3.16. The van der Waals surface area contributed by atoms with Crippen LogP contribution in [0, 0.1) is 11.7 Å². The molecule has 0 aliphatic carbocycles. The number of hydrogen-bond donors (Lipinski definition) is 1. The SMILES string of the molecule is CC(C)c1nc(CNC(=O)C2CCN(S(=O)(=O)c3ccccc3F)CC2)cs1. The lowest BCUT2D eigenvalue weighted by Gasteiger charge is -2.30. The molecule has 1 aromatic heterocycles. The van der Waals surface area contributed by atoms with Crippen LogP contribution < -0.4 is 5.32 Å². The standard InChI is InChI=1S/C19H24FN3O3S2/c1-13(2)19-22-15(12-27-19)11-21-18(24)14-7-9-23(10-8-14)28(25,26)17-6-4-3-5-16(17)20/h3-6,12-14H,7-11H2,1-2H3,(H,21,24). The zero-order chi connectivity index (χ0) is 20.3. The van der Waals surface area contributed by atoms with Crippen LogP contribution in [0.2, 0.25) is 0 Å². The molecule has 0 atom stereocenters. The third kappa shape index (κ3) is 4.59. The fourth-order valence-corrected chi connectivity index (χ4v) is 5.51. The number of nitrogens with zero attached hydrogens (tertiary/aromatic N) is 2. The maximum Gasteiger partial charge on any atom is 0.245 e. The molecule has 0 bridgehead atoms. The van der Waals surface area contributed by atoms with Gasteiger partial charge in [-0.1, -0.05) is 26.0 Å². The van der Waals surface area contributed by atoms with Crippen molar-refractivity contribution in [1.82, 2.24) is 14.6 Å². The van der Waals surface area contributed by atoms with Gasteiger partial charge in [-0.15, -0.1) is 11.3 Å². The molecule has 3 rings (SSSR count). The van der Waals surface area contributed by atoms with Gasteiger partial charge >= 0.3 is 0 Å². The lowest BCUT2D eigenvalue weighted by Crippen LogP contribution is -2.43. The van der Waals surface area contributed by atoms with Crippen LogP contribution in [0.1, 0.15) is 43.3 Å². The number of thiazole rings is 1. The van der Waals surface area contributed by atoms with Crippen LogP contribution in [0.25, 0.3) is 0 Å². The minimum Gasteiger partial charge on any atom is -0.350 e. The molecule has 2 heterocycles. The van der Waals surface area contributed by atoms with E-state index in [0.717, 1.165) is 16.8 Å². The molecule has 0 radical (unpaired) electrons. The molecule has 1 fully saturated rings. The number of halogens is 1. The Morgan fingerprint density at radius 3 is 2.61 bits per heavy atom. The van der Waals surface area contributed by atoms with E-state index < -0.39 is 15.8 Å². The van der Waals surface area contributed by atoms with Crippen molar-refractivity contribution in [3.63, 3.8) is 0 Å². The Hall–Kier alpha value is -1.84. The summed E-state index contributed by atoms with van der Waals surface area (Å²) in [6.45, 7) is 4.91. The molecule has 2 aromatic rings. The third-order valence-corrected chi connectivity index (χ3v) is 7.91. The number of hydrogen-bond acceptors (Lipinski definition) is 5. The maximum atomic E-state index is 13.9. The largest absolute Gasteiger partial charge is 0.350 e. The van der Waals surface area contributed by atoms with Crippen LogP contribution in [0.4, 0.5) is 4.39 Å². The zero-order valence-corrected chi connectivity index (χ0v) is 17.5. The van der Waals surface area contributed by atoms with Gasteiger partial charge in [0, 0.05) is 30.3 Å². The predicted molar refractivity (Wildman–Crippen MR) is 106 cm³/mol. The summed E-state index contributed by atoms with van der Waals surface area (Å²) in [5.41, 5.74) is 0.835. The summed E-state index contributed by atoms with van der Waals surface area (Å²) in [5, 5.41) is 5.87. The van der Waals surface area contributed by atoms with E-state index in [1.165, 1.54) is 22.5 Å². The molecule has 1 aromatic carbocycles. The Balaban J connectivity index is 1.54. The van der Waals surface area contributed by atoms with Gasteiger partial charge in [0.2, 0.25) is 15.9 Å². The first-order valence-corrected chi connectivity index (χ1v) is 11.6. The summed E-state index contributed by atoms with van der Waals surface area (Å²) in [6, 6.07) is 5.36. The highest BCUT2D eigenvalue weighted by molar-refractivity contribution is 7.89. The van der Waals surface area contributed by atoms with Gasteiger partial charge in [0.25, 0.3) is 0 Å². The molecule has 1 N–H and O–H groups in total. The number of amides is 1. The summed E-state index contributed by atoms with van der Waals surface area (Å²) >= 11 is 1.58. The van der Waals surface area contributed by atoms with Gasteiger partial charge in [0.05, 0.1) is 17.2 Å². The number of nitrogens with one attached hydrogen (secondary N) is 1. The van der Waals surface area contributed by atoms with Crippen LogP contribution in [0.15, 0.2) is 34.5 Å². The van der Waals surface area contributed by atoms with Crippen LogP contribution in [0.3, 0.4) is 0 Å². The fourth-order valence-electron chi connectivity index (χ4n) is 3.14. The monoisotopic (exact) mass is 425 g/mol. The first-order chi connectivity index (χ1) is 13.3. The van der Waals surface area contributed by atoms with E-state index in [4.69, 9.17) is 0 Å². The van der Waals surface area contributed by atoms with Crippen LogP contribution in [-0.2, 0) is 21.4 Å². The van der Waals surface area contributed by atoms with Crippen LogP contribution in [0.5, 0.6) is 0 Å². The summed E-state index contributed by atoms with van der Waals surface area (Å²) in [5.74, 6) is -0.751. The predicted octanol–water partition coefficient (Wildman–Crippen LogP) is 3.12. The number of aromatic nitrogens is 1. The second kappa shape index (κ2) is 8.67. The van der Waals surface area contributed by atoms with Crippen molar-refractivity contribution >= 4 is 27.3 Å². The van der Waals surface area contributed by atoms with E-state index in [-0.39, 0.29) is 29.8 Å². The number of rotatable bonds is 6. The molecule has 1 amide bonds. The minimum absolute atomic E-state index is 0.0953. The highest BCUT2D eigenvalue weighted by atomic mass is 32.2. The van der Waals surface area contributed by atoms with Crippen molar-refractivity contribution in [2.75, 3.05) is 13.1 Å². The first-order valence-electron chi connectivity index (χ1n) is 9.25. The van der Waals surface area contributed by atoms with E-state index in [1.54, 1.807) is 11.3 Å². The van der Waals surface area contributed by atoms with Gasteiger partial charge in [-0.3, -0.25) is 4.79 Å². The molecule has 28 heavy (non-hydrogen) atoms. The molecular formula is C19H24FN3O3S2. The molecule has 0 saturated carbocycles. The Kier molecular flexibility index (Phi) is 6.47. The Morgan fingerprint density at radius 2 is 2.00 bits per heavy atom. The second-order valence-electron chi connectivity index (χ2n) is 7.16. The normalized spacial score (nSPS) is 16.4. The fraction of sp³-hybridized carbons (Fsp3) is 0.474. The van der Waals surface area contributed by atoms with Gasteiger partial charge in [-0.25, -0.2) is 17.8 Å². The highest BCUT2D eigenvalue weighted by Gasteiger charge is 2.33. The lowest BCUT2D eigenvalue weighted by atomic mass is 9.97. The quantitative estimate of drug-likeness (QED) is 0.771. The molecule has 9 heteroatoms. The van der Waals surface area contributed by atoms with Crippen molar-refractivity contribution in [3.8, 4) is 0 Å². The van der Waals surface area contributed by atoms with E-state index in [0.29, 0.717) is 25.3 Å². The molecule has 6 nitrogen and oxygen atoms in total. The molecule has 0 spiro atoms. The Labute approximate surface area is 168 Å². The van der Waals surface area contributed by atoms with Crippen molar-refractivity contribution in [1.29, 1.82) is 0 Å². The van der Waals surface area contributed by atoms with Crippen molar-refractivity contribution < 1.29 is 17.6 Å². The van der Waals surface area contributed by atoms with E-state index >= 15 is 0 Å².